The van der Waals surface area contributed by atoms with Crippen molar-refractivity contribution in [1.29, 1.82) is 0 Å². The maximum Gasteiger partial charge on any atom is 0.256 e. The zero-order valence-electron chi connectivity index (χ0n) is 21.3. The highest BCUT2D eigenvalue weighted by Crippen LogP contribution is 2.52. The molecule has 204 valence electrons. The molecule has 2 fully saturated rings. The number of nitrogens with one attached hydrogen (secondary N) is 1. The van der Waals surface area contributed by atoms with E-state index in [1.807, 2.05) is 6.07 Å². The van der Waals surface area contributed by atoms with E-state index in [0.717, 1.165) is 24.0 Å². The van der Waals surface area contributed by atoms with E-state index in [9.17, 15) is 23.5 Å². The lowest BCUT2D eigenvalue weighted by atomic mass is 9.81. The maximum absolute atomic E-state index is 13.7. The van der Waals surface area contributed by atoms with Gasteiger partial charge in [-0.3, -0.25) is 14.6 Å². The number of aromatic nitrogens is 3. The van der Waals surface area contributed by atoms with Crippen molar-refractivity contribution >= 4 is 17.5 Å². The minimum Gasteiger partial charge on any atom is -0.378 e. The van der Waals surface area contributed by atoms with Gasteiger partial charge in [-0.25, -0.2) is 13.8 Å². The molecule has 0 bridgehead atoms. The van der Waals surface area contributed by atoms with E-state index in [1.165, 1.54) is 4.90 Å². The lowest BCUT2D eigenvalue weighted by Gasteiger charge is -2.30. The summed E-state index contributed by atoms with van der Waals surface area (Å²) in [5.41, 5.74) is 2.62. The molecule has 3 heterocycles. The number of hydrogen-bond donors (Lipinski definition) is 2. The van der Waals surface area contributed by atoms with Gasteiger partial charge < -0.3 is 15.0 Å². The van der Waals surface area contributed by atoms with Gasteiger partial charge >= 0.3 is 0 Å². The number of hydrogen-bond acceptors (Lipinski definition) is 5. The molecule has 1 atom stereocenters. The first-order valence-electron chi connectivity index (χ1n) is 13.3. The maximum atomic E-state index is 13.7. The third kappa shape index (κ3) is 4.98. The SMILES string of the molecule is O=C([C@H](O)c1cccc(Cl)c1)N1CCc2nc(C3(c4cncc(C5CCC(F)(F)CC5)c4)CC3)[nH]c(=O)c2C1. The number of alkyl halides is 2. The molecule has 39 heavy (non-hydrogen) atoms. The molecule has 0 unspecified atom stereocenters. The van der Waals surface area contributed by atoms with Gasteiger partial charge in [-0.15, -0.1) is 0 Å². The van der Waals surface area contributed by atoms with Crippen LogP contribution in [0.1, 0.15) is 84.3 Å². The number of benzene rings is 1. The topological polar surface area (TPSA) is 99.2 Å². The number of carbonyl (C=O) groups is 1. The average Bonchev–Trinajstić information content (AvgIpc) is 3.74. The molecule has 1 aromatic carbocycles. The Balaban J connectivity index is 1.22. The summed E-state index contributed by atoms with van der Waals surface area (Å²) >= 11 is 6.01. The summed E-state index contributed by atoms with van der Waals surface area (Å²) in [5, 5.41) is 11.0. The zero-order valence-corrected chi connectivity index (χ0v) is 22.1. The number of halogens is 3. The number of H-pyrrole nitrogens is 1. The van der Waals surface area contributed by atoms with Gasteiger partial charge in [-0.1, -0.05) is 29.8 Å². The summed E-state index contributed by atoms with van der Waals surface area (Å²) in [6, 6.07) is 8.56. The van der Waals surface area contributed by atoms with Crippen molar-refractivity contribution < 1.29 is 18.7 Å². The lowest BCUT2D eigenvalue weighted by Crippen LogP contribution is -2.42. The van der Waals surface area contributed by atoms with E-state index in [0.29, 0.717) is 53.5 Å². The number of aliphatic hydroxyl groups is 1. The third-order valence-corrected chi connectivity index (χ3v) is 8.72. The quantitative estimate of drug-likeness (QED) is 0.471. The summed E-state index contributed by atoms with van der Waals surface area (Å²) in [6.45, 7) is 0.389. The molecule has 0 saturated heterocycles. The molecule has 1 aliphatic heterocycles. The molecule has 10 heteroatoms. The monoisotopic (exact) mass is 554 g/mol. The van der Waals surface area contributed by atoms with Gasteiger partial charge in [-0.05, 0) is 60.4 Å². The lowest BCUT2D eigenvalue weighted by molar-refractivity contribution is -0.141. The first-order valence-corrected chi connectivity index (χ1v) is 13.7. The van der Waals surface area contributed by atoms with Gasteiger partial charge in [0.25, 0.3) is 11.5 Å². The predicted octanol–water partition coefficient (Wildman–Crippen LogP) is 4.81. The highest BCUT2D eigenvalue weighted by molar-refractivity contribution is 6.30. The first kappa shape index (κ1) is 26.1. The molecule has 6 rings (SSSR count). The third-order valence-electron chi connectivity index (χ3n) is 8.48. The summed E-state index contributed by atoms with van der Waals surface area (Å²) in [6.07, 6.45) is 4.82. The molecule has 1 amide bonds. The summed E-state index contributed by atoms with van der Waals surface area (Å²) < 4.78 is 27.3. The number of fused-ring (bicyclic) bond motifs is 1. The van der Waals surface area contributed by atoms with Crippen molar-refractivity contribution in [1.82, 2.24) is 19.9 Å². The second kappa shape index (κ2) is 9.78. The van der Waals surface area contributed by atoms with E-state index in [2.05, 4.69) is 9.97 Å². The van der Waals surface area contributed by atoms with Crippen LogP contribution in [0.5, 0.6) is 0 Å². The van der Waals surface area contributed by atoms with Crippen LogP contribution in [0.4, 0.5) is 8.78 Å². The van der Waals surface area contributed by atoms with E-state index in [-0.39, 0.29) is 30.9 Å². The standard InChI is InChI=1S/C29H29ClF2N4O3/c30-21-3-1-2-18(13-21)24(37)26(39)36-11-6-23-22(16-36)25(38)35-27(34-23)28(9-10-28)20-12-19(14-33-15-20)17-4-7-29(31,32)8-5-17/h1-3,12-15,17,24,37H,4-11,16H2,(H,34,35,38)/t24-/m1/s1. The van der Waals surface area contributed by atoms with Crippen molar-refractivity contribution in [2.75, 3.05) is 6.54 Å². The van der Waals surface area contributed by atoms with Gasteiger partial charge in [-0.2, -0.15) is 0 Å². The summed E-state index contributed by atoms with van der Waals surface area (Å²) in [4.78, 5) is 39.9. The highest BCUT2D eigenvalue weighted by Gasteiger charge is 2.49. The molecule has 3 aliphatic rings. The Morgan fingerprint density at radius 1 is 1.15 bits per heavy atom. The van der Waals surface area contributed by atoms with Crippen LogP contribution in [0.15, 0.2) is 47.5 Å². The van der Waals surface area contributed by atoms with E-state index >= 15 is 0 Å². The van der Waals surface area contributed by atoms with Crippen LogP contribution in [0.3, 0.4) is 0 Å². The van der Waals surface area contributed by atoms with Crippen molar-refractivity contribution in [2.45, 2.75) is 74.8 Å². The molecule has 2 saturated carbocycles. The molecule has 0 radical (unpaired) electrons. The largest absolute Gasteiger partial charge is 0.378 e. The number of carbonyl (C=O) groups excluding carboxylic acids is 1. The number of pyridine rings is 1. The van der Waals surface area contributed by atoms with Crippen LogP contribution < -0.4 is 5.56 Å². The van der Waals surface area contributed by atoms with Crippen molar-refractivity contribution in [3.05, 3.63) is 91.9 Å². The summed E-state index contributed by atoms with van der Waals surface area (Å²) in [7, 11) is 0. The van der Waals surface area contributed by atoms with Crippen LogP contribution in [-0.4, -0.2) is 43.3 Å². The zero-order chi connectivity index (χ0) is 27.4. The molecular formula is C29H29ClF2N4O3. The second-order valence-electron chi connectivity index (χ2n) is 11.0. The smallest absolute Gasteiger partial charge is 0.256 e. The second-order valence-corrected chi connectivity index (χ2v) is 11.5. The number of rotatable bonds is 5. The fourth-order valence-electron chi connectivity index (χ4n) is 5.94. The Hall–Kier alpha value is -3.17. The number of nitrogens with zero attached hydrogens (tertiary/aromatic N) is 3. The molecule has 7 nitrogen and oxygen atoms in total. The Morgan fingerprint density at radius 2 is 1.92 bits per heavy atom. The Kier molecular flexibility index (Phi) is 6.54. The van der Waals surface area contributed by atoms with Crippen molar-refractivity contribution in [3.63, 3.8) is 0 Å². The Labute approximate surface area is 229 Å². The van der Waals surface area contributed by atoms with E-state index in [1.54, 1.807) is 36.7 Å². The van der Waals surface area contributed by atoms with Crippen LogP contribution in [0, 0.1) is 0 Å². The minimum atomic E-state index is -2.58. The molecule has 0 spiro atoms. The number of amides is 1. The van der Waals surface area contributed by atoms with Crippen LogP contribution in [0.2, 0.25) is 5.02 Å². The van der Waals surface area contributed by atoms with Crippen molar-refractivity contribution in [2.24, 2.45) is 0 Å². The van der Waals surface area contributed by atoms with Gasteiger partial charge in [0.05, 0.1) is 23.2 Å². The molecule has 2 aliphatic carbocycles. The summed E-state index contributed by atoms with van der Waals surface area (Å²) in [5.74, 6) is -2.44. The average molecular weight is 555 g/mol. The van der Waals surface area contributed by atoms with E-state index in [4.69, 9.17) is 16.6 Å². The highest BCUT2D eigenvalue weighted by atomic mass is 35.5. The fraction of sp³-hybridized carbons (Fsp3) is 0.448. The van der Waals surface area contributed by atoms with E-state index < -0.39 is 23.3 Å². The number of aromatic amines is 1. The van der Waals surface area contributed by atoms with Gasteiger partial charge in [0, 0.05) is 43.2 Å². The first-order chi connectivity index (χ1) is 18.6. The Morgan fingerprint density at radius 3 is 2.64 bits per heavy atom. The predicted molar refractivity (Wildman–Crippen MR) is 141 cm³/mol. The van der Waals surface area contributed by atoms with Gasteiger partial charge in [0.1, 0.15) is 5.82 Å². The molecular weight excluding hydrogens is 526 g/mol. The molecule has 2 N–H and O–H groups in total. The van der Waals surface area contributed by atoms with Crippen LogP contribution in [0.25, 0.3) is 0 Å². The van der Waals surface area contributed by atoms with Gasteiger partial charge in [0.2, 0.25) is 5.92 Å². The fourth-order valence-corrected chi connectivity index (χ4v) is 6.13. The molecule has 3 aromatic rings. The Bertz CT molecular complexity index is 1480. The normalized spacial score (nSPS) is 20.8. The minimum absolute atomic E-state index is 0.0502. The van der Waals surface area contributed by atoms with Gasteiger partial charge in [0.15, 0.2) is 6.10 Å². The molecule has 2 aromatic heterocycles. The number of aliphatic hydroxyl groups excluding tert-OH is 1. The van der Waals surface area contributed by atoms with Crippen LogP contribution >= 0.6 is 11.6 Å². The van der Waals surface area contributed by atoms with Crippen LogP contribution in [-0.2, 0) is 23.2 Å². The van der Waals surface area contributed by atoms with Crippen molar-refractivity contribution in [3.8, 4) is 0 Å².